The van der Waals surface area contributed by atoms with Crippen molar-refractivity contribution in [2.24, 2.45) is 5.92 Å². The van der Waals surface area contributed by atoms with Crippen molar-refractivity contribution < 1.29 is 4.74 Å². The maximum Gasteiger partial charge on any atom is 0.214 e. The van der Waals surface area contributed by atoms with Crippen LogP contribution in [0.3, 0.4) is 0 Å². The van der Waals surface area contributed by atoms with Crippen LogP contribution in [0.4, 0.5) is 0 Å². The molecule has 0 bridgehead atoms. The standard InChI is InChI=1S/C14H24N2O/c1-6-13-7-12(9-15-5)8-14(16-13)17-11(4)10(2)3/h7-8,10-11,15H,6,9H2,1-5H3. The Labute approximate surface area is 105 Å². The van der Waals surface area contributed by atoms with Gasteiger partial charge in [-0.15, -0.1) is 0 Å². The van der Waals surface area contributed by atoms with Crippen LogP contribution in [0.2, 0.25) is 0 Å². The minimum Gasteiger partial charge on any atom is -0.474 e. The quantitative estimate of drug-likeness (QED) is 0.824. The Morgan fingerprint density at radius 1 is 1.29 bits per heavy atom. The zero-order valence-electron chi connectivity index (χ0n) is 11.6. The lowest BCUT2D eigenvalue weighted by atomic mass is 10.1. The highest BCUT2D eigenvalue weighted by Crippen LogP contribution is 2.17. The summed E-state index contributed by atoms with van der Waals surface area (Å²) in [4.78, 5) is 4.51. The molecule has 96 valence electrons. The molecule has 0 radical (unpaired) electrons. The van der Waals surface area contributed by atoms with E-state index >= 15 is 0 Å². The van der Waals surface area contributed by atoms with E-state index in [0.717, 1.165) is 24.5 Å². The maximum absolute atomic E-state index is 5.87. The van der Waals surface area contributed by atoms with Gasteiger partial charge < -0.3 is 10.1 Å². The molecular formula is C14H24N2O. The van der Waals surface area contributed by atoms with Gasteiger partial charge in [-0.1, -0.05) is 20.8 Å². The first kappa shape index (κ1) is 14.0. The Balaban J connectivity index is 2.86. The lowest BCUT2D eigenvalue weighted by Crippen LogP contribution is -2.19. The highest BCUT2D eigenvalue weighted by atomic mass is 16.5. The van der Waals surface area contributed by atoms with Crippen molar-refractivity contribution in [1.82, 2.24) is 10.3 Å². The summed E-state index contributed by atoms with van der Waals surface area (Å²) < 4.78 is 5.87. The molecule has 0 aliphatic carbocycles. The average Bonchev–Trinajstić information content (AvgIpc) is 2.28. The van der Waals surface area contributed by atoms with Gasteiger partial charge in [0.1, 0.15) is 0 Å². The van der Waals surface area contributed by atoms with Crippen molar-refractivity contribution in [3.05, 3.63) is 23.4 Å². The largest absolute Gasteiger partial charge is 0.474 e. The minimum atomic E-state index is 0.192. The Kier molecular flexibility index (Phi) is 5.42. The van der Waals surface area contributed by atoms with E-state index in [1.807, 2.05) is 13.1 Å². The number of aromatic nitrogens is 1. The van der Waals surface area contributed by atoms with Crippen LogP contribution in [0, 0.1) is 5.92 Å². The monoisotopic (exact) mass is 236 g/mol. The molecule has 3 nitrogen and oxygen atoms in total. The van der Waals surface area contributed by atoms with Crippen LogP contribution in [-0.2, 0) is 13.0 Å². The molecule has 0 fully saturated rings. The molecule has 1 aromatic rings. The third kappa shape index (κ3) is 4.35. The molecule has 3 heteroatoms. The Morgan fingerprint density at radius 3 is 2.53 bits per heavy atom. The fourth-order valence-corrected chi connectivity index (χ4v) is 1.49. The molecule has 17 heavy (non-hydrogen) atoms. The van der Waals surface area contributed by atoms with E-state index in [4.69, 9.17) is 4.74 Å². The molecule has 1 unspecified atom stereocenters. The number of nitrogens with one attached hydrogen (secondary N) is 1. The van der Waals surface area contributed by atoms with Crippen LogP contribution >= 0.6 is 0 Å². The van der Waals surface area contributed by atoms with Gasteiger partial charge in [0.15, 0.2) is 0 Å². The maximum atomic E-state index is 5.87. The van der Waals surface area contributed by atoms with Gasteiger partial charge in [-0.25, -0.2) is 4.98 Å². The molecule has 0 saturated heterocycles. The van der Waals surface area contributed by atoms with Gasteiger partial charge in [0.2, 0.25) is 5.88 Å². The van der Waals surface area contributed by atoms with Crippen molar-refractivity contribution in [1.29, 1.82) is 0 Å². The highest BCUT2D eigenvalue weighted by molar-refractivity contribution is 5.25. The van der Waals surface area contributed by atoms with Crippen LogP contribution in [-0.4, -0.2) is 18.1 Å². The van der Waals surface area contributed by atoms with E-state index in [1.54, 1.807) is 0 Å². The molecule has 1 N–H and O–H groups in total. The summed E-state index contributed by atoms with van der Waals surface area (Å²) in [5.74, 6) is 1.24. The van der Waals surface area contributed by atoms with Crippen molar-refractivity contribution >= 4 is 0 Å². The average molecular weight is 236 g/mol. The number of pyridine rings is 1. The third-order valence-electron chi connectivity index (χ3n) is 2.90. The van der Waals surface area contributed by atoms with E-state index in [1.165, 1.54) is 5.56 Å². The summed E-state index contributed by atoms with van der Waals surface area (Å²) in [6, 6.07) is 4.15. The number of ether oxygens (including phenoxy) is 1. The van der Waals surface area contributed by atoms with Gasteiger partial charge in [-0.05, 0) is 37.9 Å². The fraction of sp³-hybridized carbons (Fsp3) is 0.643. The lowest BCUT2D eigenvalue weighted by molar-refractivity contribution is 0.163. The molecule has 1 heterocycles. The first-order valence-corrected chi connectivity index (χ1v) is 6.37. The van der Waals surface area contributed by atoms with Crippen LogP contribution in [0.1, 0.15) is 39.0 Å². The first-order chi connectivity index (χ1) is 8.06. The summed E-state index contributed by atoms with van der Waals surface area (Å²) in [6.45, 7) is 9.36. The molecule has 1 rings (SSSR count). The fourth-order valence-electron chi connectivity index (χ4n) is 1.49. The smallest absolute Gasteiger partial charge is 0.214 e. The Bertz CT molecular complexity index is 350. The molecule has 0 aromatic carbocycles. The molecular weight excluding hydrogens is 212 g/mol. The third-order valence-corrected chi connectivity index (χ3v) is 2.90. The molecule has 0 amide bonds. The normalized spacial score (nSPS) is 12.8. The van der Waals surface area contributed by atoms with Crippen molar-refractivity contribution in [3.63, 3.8) is 0 Å². The van der Waals surface area contributed by atoms with Crippen LogP contribution in [0.5, 0.6) is 5.88 Å². The number of aryl methyl sites for hydroxylation is 1. The van der Waals surface area contributed by atoms with E-state index < -0.39 is 0 Å². The molecule has 1 atom stereocenters. The summed E-state index contributed by atoms with van der Waals surface area (Å²) in [6.07, 6.45) is 1.13. The zero-order chi connectivity index (χ0) is 12.8. The van der Waals surface area contributed by atoms with Gasteiger partial charge in [-0.3, -0.25) is 0 Å². The summed E-state index contributed by atoms with van der Waals surface area (Å²) in [5, 5.41) is 3.16. The second kappa shape index (κ2) is 6.60. The summed E-state index contributed by atoms with van der Waals surface area (Å²) in [5.41, 5.74) is 2.31. The number of nitrogens with zero attached hydrogens (tertiary/aromatic N) is 1. The van der Waals surface area contributed by atoms with Crippen molar-refractivity contribution in [3.8, 4) is 5.88 Å². The second-order valence-corrected chi connectivity index (χ2v) is 4.76. The predicted octanol–water partition coefficient (Wildman–Crippen LogP) is 2.79. The molecule has 1 aromatic heterocycles. The number of hydrogen-bond donors (Lipinski definition) is 1. The van der Waals surface area contributed by atoms with E-state index in [9.17, 15) is 0 Å². The van der Waals surface area contributed by atoms with E-state index in [2.05, 4.69) is 44.1 Å². The first-order valence-electron chi connectivity index (χ1n) is 6.37. The van der Waals surface area contributed by atoms with Crippen molar-refractivity contribution in [2.45, 2.75) is 46.8 Å². The van der Waals surface area contributed by atoms with Gasteiger partial charge in [0.05, 0.1) is 6.10 Å². The molecule has 0 spiro atoms. The Morgan fingerprint density at radius 2 is 2.00 bits per heavy atom. The summed E-state index contributed by atoms with van der Waals surface area (Å²) in [7, 11) is 1.95. The SMILES string of the molecule is CCc1cc(CNC)cc(OC(C)C(C)C)n1. The van der Waals surface area contributed by atoms with Crippen LogP contribution in [0.15, 0.2) is 12.1 Å². The minimum absolute atomic E-state index is 0.192. The number of rotatable bonds is 6. The van der Waals surface area contributed by atoms with Gasteiger partial charge >= 0.3 is 0 Å². The highest BCUT2D eigenvalue weighted by Gasteiger charge is 2.10. The lowest BCUT2D eigenvalue weighted by Gasteiger charge is -2.18. The molecule has 0 aliphatic rings. The number of hydrogen-bond acceptors (Lipinski definition) is 3. The second-order valence-electron chi connectivity index (χ2n) is 4.76. The topological polar surface area (TPSA) is 34.1 Å². The molecule has 0 saturated carbocycles. The molecule has 0 aliphatic heterocycles. The zero-order valence-corrected chi connectivity index (χ0v) is 11.6. The van der Waals surface area contributed by atoms with Crippen LogP contribution in [0.25, 0.3) is 0 Å². The van der Waals surface area contributed by atoms with E-state index in [-0.39, 0.29) is 6.10 Å². The van der Waals surface area contributed by atoms with Crippen LogP contribution < -0.4 is 10.1 Å². The summed E-state index contributed by atoms with van der Waals surface area (Å²) >= 11 is 0. The van der Waals surface area contributed by atoms with Gasteiger partial charge in [0, 0.05) is 18.3 Å². The predicted molar refractivity (Wildman–Crippen MR) is 71.3 cm³/mol. The van der Waals surface area contributed by atoms with E-state index in [0.29, 0.717) is 5.92 Å². The van der Waals surface area contributed by atoms with Gasteiger partial charge in [-0.2, -0.15) is 0 Å². The Hall–Kier alpha value is -1.09. The van der Waals surface area contributed by atoms with Crippen molar-refractivity contribution in [2.75, 3.05) is 7.05 Å². The van der Waals surface area contributed by atoms with Gasteiger partial charge in [0.25, 0.3) is 0 Å².